The van der Waals surface area contributed by atoms with Crippen molar-refractivity contribution in [2.45, 2.75) is 38.0 Å². The fourth-order valence-corrected chi connectivity index (χ4v) is 4.00. The zero-order valence-electron chi connectivity index (χ0n) is 12.8. The van der Waals surface area contributed by atoms with Crippen LogP contribution in [0.15, 0.2) is 48.5 Å². The molecule has 3 nitrogen and oxygen atoms in total. The quantitative estimate of drug-likeness (QED) is 0.819. The number of nitrogens with one attached hydrogen (secondary N) is 1. The summed E-state index contributed by atoms with van der Waals surface area (Å²) < 4.78 is 5.70. The van der Waals surface area contributed by atoms with Gasteiger partial charge < -0.3 is 4.74 Å². The molecule has 0 radical (unpaired) electrons. The molecule has 0 aliphatic carbocycles. The Bertz CT molecular complexity index is 755. The topological polar surface area (TPSA) is 38.3 Å². The highest BCUT2D eigenvalue weighted by Gasteiger charge is 2.47. The highest BCUT2D eigenvalue weighted by atomic mass is 16.5. The Morgan fingerprint density at radius 1 is 1.14 bits per heavy atom. The molecule has 0 spiro atoms. The van der Waals surface area contributed by atoms with E-state index in [4.69, 9.17) is 4.74 Å². The molecule has 3 heteroatoms. The van der Waals surface area contributed by atoms with E-state index in [-0.39, 0.29) is 23.7 Å². The summed E-state index contributed by atoms with van der Waals surface area (Å²) in [6.45, 7) is 3.71. The Morgan fingerprint density at radius 2 is 1.82 bits per heavy atom. The van der Waals surface area contributed by atoms with E-state index in [0.717, 1.165) is 12.0 Å². The van der Waals surface area contributed by atoms with Gasteiger partial charge in [0.2, 0.25) is 0 Å². The first-order chi connectivity index (χ1) is 10.6. The van der Waals surface area contributed by atoms with Crippen LogP contribution in [-0.2, 0) is 21.5 Å². The molecule has 4 rings (SSSR count). The summed E-state index contributed by atoms with van der Waals surface area (Å²) in [5, 5.41) is 3.72. The Kier molecular flexibility index (Phi) is 2.88. The number of carbonyl (C=O) groups is 1. The van der Waals surface area contributed by atoms with Crippen molar-refractivity contribution in [2.24, 2.45) is 0 Å². The third kappa shape index (κ3) is 1.89. The molecule has 2 aliphatic rings. The monoisotopic (exact) mass is 293 g/mol. The fraction of sp³-hybridized carbons (Fsp3) is 0.316. The normalized spacial score (nSPS) is 28.5. The number of ether oxygens (including phenoxy) is 1. The Labute approximate surface area is 130 Å². The zero-order chi connectivity index (χ0) is 15.3. The molecule has 2 heterocycles. The predicted molar refractivity (Wildman–Crippen MR) is 84.3 cm³/mol. The lowest BCUT2D eigenvalue weighted by molar-refractivity contribution is -0.149. The maximum absolute atomic E-state index is 11.6. The van der Waals surface area contributed by atoms with Gasteiger partial charge in [-0.15, -0.1) is 0 Å². The molecule has 2 aromatic carbocycles. The average Bonchev–Trinajstić information content (AvgIpc) is 2.51. The standard InChI is InChI=1S/C19H19NO2/c1-12(21)22-18-15-9-5-6-10-16(15)19(2)11-13-7-3-4-8-14(13)17(18)20-19/h3-10,17-18,20H,11H2,1-2H3/t17-,18-,19+/m1/s1. The summed E-state index contributed by atoms with van der Waals surface area (Å²) in [6.07, 6.45) is 0.673. The van der Waals surface area contributed by atoms with Crippen LogP contribution in [0.3, 0.4) is 0 Å². The van der Waals surface area contributed by atoms with Gasteiger partial charge >= 0.3 is 5.97 Å². The van der Waals surface area contributed by atoms with Crippen LogP contribution in [0.1, 0.15) is 48.2 Å². The second-order valence-corrected chi connectivity index (χ2v) is 6.45. The van der Waals surface area contributed by atoms with Gasteiger partial charge in [0.25, 0.3) is 0 Å². The molecule has 0 amide bonds. The van der Waals surface area contributed by atoms with Crippen LogP contribution in [0.4, 0.5) is 0 Å². The fourth-order valence-electron chi connectivity index (χ4n) is 4.00. The zero-order valence-corrected chi connectivity index (χ0v) is 12.8. The number of hydrogen-bond acceptors (Lipinski definition) is 3. The van der Waals surface area contributed by atoms with Crippen molar-refractivity contribution in [2.75, 3.05) is 0 Å². The maximum atomic E-state index is 11.6. The lowest BCUT2D eigenvalue weighted by atomic mass is 9.70. The highest BCUT2D eigenvalue weighted by molar-refractivity contribution is 5.67. The Balaban J connectivity index is 1.93. The molecule has 0 saturated heterocycles. The summed E-state index contributed by atoms with van der Waals surface area (Å²) in [7, 11) is 0. The Morgan fingerprint density at radius 3 is 2.59 bits per heavy atom. The summed E-state index contributed by atoms with van der Waals surface area (Å²) in [5.74, 6) is -0.242. The van der Waals surface area contributed by atoms with Gasteiger partial charge in [-0.2, -0.15) is 0 Å². The number of benzene rings is 2. The van der Waals surface area contributed by atoms with E-state index in [2.05, 4.69) is 54.7 Å². The minimum atomic E-state index is -0.275. The lowest BCUT2D eigenvalue weighted by Gasteiger charge is -2.49. The van der Waals surface area contributed by atoms with Crippen molar-refractivity contribution >= 4 is 5.97 Å². The summed E-state index contributed by atoms with van der Waals surface area (Å²) in [6, 6.07) is 16.8. The van der Waals surface area contributed by atoms with E-state index in [1.54, 1.807) is 0 Å². The predicted octanol–water partition coefficient (Wildman–Crippen LogP) is 3.41. The van der Waals surface area contributed by atoms with Gasteiger partial charge in [0.05, 0.1) is 6.04 Å². The van der Waals surface area contributed by atoms with Gasteiger partial charge in [0.15, 0.2) is 0 Å². The van der Waals surface area contributed by atoms with Crippen molar-refractivity contribution in [1.29, 1.82) is 0 Å². The number of fused-ring (bicyclic) bond motifs is 6. The van der Waals surface area contributed by atoms with Gasteiger partial charge in [0.1, 0.15) is 6.10 Å². The van der Waals surface area contributed by atoms with E-state index >= 15 is 0 Å². The van der Waals surface area contributed by atoms with Crippen LogP contribution in [0.2, 0.25) is 0 Å². The van der Waals surface area contributed by atoms with E-state index < -0.39 is 0 Å². The molecule has 1 N–H and O–H groups in total. The van der Waals surface area contributed by atoms with E-state index in [9.17, 15) is 4.79 Å². The highest BCUT2D eigenvalue weighted by Crippen LogP contribution is 2.49. The molecule has 22 heavy (non-hydrogen) atoms. The smallest absolute Gasteiger partial charge is 0.303 e. The van der Waals surface area contributed by atoms with Crippen LogP contribution < -0.4 is 5.32 Å². The molecule has 2 aromatic rings. The van der Waals surface area contributed by atoms with Crippen LogP contribution in [0, 0.1) is 0 Å². The molecular weight excluding hydrogens is 274 g/mol. The number of carbonyl (C=O) groups excluding carboxylic acids is 1. The van der Waals surface area contributed by atoms with E-state index in [1.165, 1.54) is 23.6 Å². The average molecular weight is 293 g/mol. The van der Waals surface area contributed by atoms with Gasteiger partial charge in [0, 0.05) is 12.5 Å². The molecule has 2 bridgehead atoms. The van der Waals surface area contributed by atoms with Crippen LogP contribution in [0.25, 0.3) is 0 Å². The number of hydrogen-bond donors (Lipinski definition) is 1. The second-order valence-electron chi connectivity index (χ2n) is 6.45. The molecule has 2 aliphatic heterocycles. The Hall–Kier alpha value is -2.13. The molecule has 3 atom stereocenters. The second kappa shape index (κ2) is 4.68. The van der Waals surface area contributed by atoms with Crippen LogP contribution in [0.5, 0.6) is 0 Å². The summed E-state index contributed by atoms with van der Waals surface area (Å²) in [4.78, 5) is 11.6. The largest absolute Gasteiger partial charge is 0.456 e. The SMILES string of the molecule is CC(=O)O[C@@H]1c2ccccc2[C@]2(C)Cc3ccccc3[C@H]1N2. The van der Waals surface area contributed by atoms with Crippen molar-refractivity contribution in [3.63, 3.8) is 0 Å². The lowest BCUT2D eigenvalue weighted by Crippen LogP contribution is -2.53. The molecule has 0 saturated carbocycles. The molecule has 0 fully saturated rings. The number of rotatable bonds is 1. The maximum Gasteiger partial charge on any atom is 0.303 e. The molecule has 0 unspecified atom stereocenters. The van der Waals surface area contributed by atoms with Gasteiger partial charge in [-0.25, -0.2) is 0 Å². The molecule has 0 aromatic heterocycles. The van der Waals surface area contributed by atoms with Gasteiger partial charge in [-0.1, -0.05) is 48.5 Å². The third-order valence-corrected chi connectivity index (χ3v) is 4.87. The van der Waals surface area contributed by atoms with Gasteiger partial charge in [-0.05, 0) is 35.6 Å². The first-order valence-electron chi connectivity index (χ1n) is 7.71. The minimum Gasteiger partial charge on any atom is -0.456 e. The molecular formula is C19H19NO2. The summed E-state index contributed by atoms with van der Waals surface area (Å²) in [5.41, 5.74) is 4.80. The summed E-state index contributed by atoms with van der Waals surface area (Å²) >= 11 is 0. The van der Waals surface area contributed by atoms with Gasteiger partial charge in [-0.3, -0.25) is 10.1 Å². The number of esters is 1. The molecule has 112 valence electrons. The minimum absolute atomic E-state index is 0.00810. The first-order valence-corrected chi connectivity index (χ1v) is 7.71. The van der Waals surface area contributed by atoms with Crippen molar-refractivity contribution in [1.82, 2.24) is 5.32 Å². The van der Waals surface area contributed by atoms with Crippen LogP contribution in [-0.4, -0.2) is 5.97 Å². The van der Waals surface area contributed by atoms with E-state index in [1.807, 2.05) is 6.07 Å². The van der Waals surface area contributed by atoms with Crippen molar-refractivity contribution in [3.05, 3.63) is 70.8 Å². The van der Waals surface area contributed by atoms with Crippen molar-refractivity contribution < 1.29 is 9.53 Å². The first kappa shape index (κ1) is 13.5. The third-order valence-electron chi connectivity index (χ3n) is 4.87. The van der Waals surface area contributed by atoms with Crippen molar-refractivity contribution in [3.8, 4) is 0 Å². The van der Waals surface area contributed by atoms with Crippen LogP contribution >= 0.6 is 0 Å². The van der Waals surface area contributed by atoms with E-state index in [0.29, 0.717) is 0 Å².